The summed E-state index contributed by atoms with van der Waals surface area (Å²) in [5.41, 5.74) is 5.82. The Morgan fingerprint density at radius 2 is 1.67 bits per heavy atom. The van der Waals surface area contributed by atoms with Gasteiger partial charge in [0, 0.05) is 32.6 Å². The summed E-state index contributed by atoms with van der Waals surface area (Å²) in [5.74, 6) is -0.0728. The third kappa shape index (κ3) is 6.00. The molecule has 0 aromatic carbocycles. The first kappa shape index (κ1) is 16.9. The van der Waals surface area contributed by atoms with E-state index < -0.39 is 0 Å². The number of nitrogens with two attached hydrogens (primary N) is 1. The topological polar surface area (TPSA) is 66.6 Å². The minimum Gasteiger partial charge on any atom is -0.342 e. The van der Waals surface area contributed by atoms with Gasteiger partial charge >= 0.3 is 0 Å². The molecule has 0 heterocycles. The standard InChI is InChI=1S/C13H27N3O2/c1-5-8-11(14)9-12(17)15(4)10-13(18)16(6-2)7-3/h11H,5-10,14H2,1-4H3. The van der Waals surface area contributed by atoms with Crippen LogP contribution >= 0.6 is 0 Å². The lowest BCUT2D eigenvalue weighted by Crippen LogP contribution is -2.42. The van der Waals surface area contributed by atoms with Crippen molar-refractivity contribution in [3.05, 3.63) is 0 Å². The third-order valence-corrected chi connectivity index (χ3v) is 3.01. The van der Waals surface area contributed by atoms with Crippen molar-refractivity contribution in [3.8, 4) is 0 Å². The van der Waals surface area contributed by atoms with Gasteiger partial charge < -0.3 is 15.5 Å². The molecule has 1 atom stereocenters. The van der Waals surface area contributed by atoms with Crippen molar-refractivity contribution in [1.29, 1.82) is 0 Å². The molecular formula is C13H27N3O2. The second-order valence-corrected chi connectivity index (χ2v) is 4.57. The van der Waals surface area contributed by atoms with Gasteiger partial charge in [0.1, 0.15) is 0 Å². The second-order valence-electron chi connectivity index (χ2n) is 4.57. The van der Waals surface area contributed by atoms with Gasteiger partial charge in [-0.15, -0.1) is 0 Å². The molecule has 0 bridgehead atoms. The summed E-state index contributed by atoms with van der Waals surface area (Å²) in [6.45, 7) is 7.39. The first-order chi connectivity index (χ1) is 8.46. The number of carbonyl (C=O) groups excluding carboxylic acids is 2. The van der Waals surface area contributed by atoms with Crippen LogP contribution in [0.4, 0.5) is 0 Å². The molecule has 0 aromatic rings. The number of hydrogen-bond donors (Lipinski definition) is 1. The number of nitrogens with zero attached hydrogens (tertiary/aromatic N) is 2. The van der Waals surface area contributed by atoms with E-state index in [9.17, 15) is 9.59 Å². The molecule has 1 unspecified atom stereocenters. The average Bonchev–Trinajstić information content (AvgIpc) is 2.30. The summed E-state index contributed by atoms with van der Waals surface area (Å²) in [4.78, 5) is 26.9. The van der Waals surface area contributed by atoms with Crippen molar-refractivity contribution in [2.45, 2.75) is 46.1 Å². The molecule has 0 fully saturated rings. The summed E-state index contributed by atoms with van der Waals surface area (Å²) in [6, 6.07) is -0.103. The summed E-state index contributed by atoms with van der Waals surface area (Å²) < 4.78 is 0. The van der Waals surface area contributed by atoms with Gasteiger partial charge in [-0.1, -0.05) is 13.3 Å². The molecule has 5 heteroatoms. The zero-order valence-corrected chi connectivity index (χ0v) is 12.1. The van der Waals surface area contributed by atoms with Crippen LogP contribution in [0, 0.1) is 0 Å². The Morgan fingerprint density at radius 1 is 1.11 bits per heavy atom. The Kier molecular flexibility index (Phi) is 8.37. The van der Waals surface area contributed by atoms with Gasteiger partial charge in [-0.05, 0) is 20.3 Å². The molecule has 0 aliphatic heterocycles. The number of amides is 2. The summed E-state index contributed by atoms with van der Waals surface area (Å²) in [6.07, 6.45) is 2.12. The molecular weight excluding hydrogens is 230 g/mol. The molecule has 0 aromatic heterocycles. The van der Waals surface area contributed by atoms with Gasteiger partial charge in [-0.25, -0.2) is 0 Å². The summed E-state index contributed by atoms with van der Waals surface area (Å²) >= 11 is 0. The predicted octanol–water partition coefficient (Wildman–Crippen LogP) is 0.831. The normalized spacial score (nSPS) is 12.1. The lowest BCUT2D eigenvalue weighted by Gasteiger charge is -2.24. The van der Waals surface area contributed by atoms with Crippen molar-refractivity contribution in [1.82, 2.24) is 9.80 Å². The Labute approximate surface area is 110 Å². The lowest BCUT2D eigenvalue weighted by molar-refractivity contribution is -0.139. The lowest BCUT2D eigenvalue weighted by atomic mass is 10.1. The van der Waals surface area contributed by atoms with Crippen molar-refractivity contribution in [3.63, 3.8) is 0 Å². The maximum Gasteiger partial charge on any atom is 0.242 e. The van der Waals surface area contributed by atoms with Gasteiger partial charge in [0.25, 0.3) is 0 Å². The van der Waals surface area contributed by atoms with Crippen molar-refractivity contribution < 1.29 is 9.59 Å². The minimum absolute atomic E-state index is 0.0140. The van der Waals surface area contributed by atoms with E-state index in [2.05, 4.69) is 0 Å². The maximum atomic E-state index is 11.8. The molecule has 0 aliphatic rings. The third-order valence-electron chi connectivity index (χ3n) is 3.01. The van der Waals surface area contributed by atoms with Gasteiger partial charge in [0.05, 0.1) is 6.54 Å². The second kappa shape index (κ2) is 8.91. The molecule has 0 aliphatic carbocycles. The zero-order chi connectivity index (χ0) is 14.1. The molecule has 0 radical (unpaired) electrons. The fourth-order valence-electron chi connectivity index (χ4n) is 1.82. The highest BCUT2D eigenvalue weighted by Crippen LogP contribution is 2.02. The van der Waals surface area contributed by atoms with Crippen molar-refractivity contribution >= 4 is 11.8 Å². The highest BCUT2D eigenvalue weighted by molar-refractivity contribution is 5.84. The van der Waals surface area contributed by atoms with Gasteiger partial charge in [-0.3, -0.25) is 9.59 Å². The molecule has 0 rings (SSSR count). The van der Waals surface area contributed by atoms with E-state index in [1.165, 1.54) is 4.90 Å². The molecule has 0 saturated carbocycles. The van der Waals surface area contributed by atoms with Crippen molar-refractivity contribution in [2.75, 3.05) is 26.7 Å². The SMILES string of the molecule is CCCC(N)CC(=O)N(C)CC(=O)N(CC)CC. The van der Waals surface area contributed by atoms with E-state index in [-0.39, 0.29) is 24.4 Å². The van der Waals surface area contributed by atoms with Crippen LogP contribution in [0.1, 0.15) is 40.0 Å². The van der Waals surface area contributed by atoms with Crippen LogP contribution in [-0.4, -0.2) is 54.3 Å². The average molecular weight is 257 g/mol. The van der Waals surface area contributed by atoms with Crippen LogP contribution in [0.2, 0.25) is 0 Å². The van der Waals surface area contributed by atoms with Crippen LogP contribution < -0.4 is 5.73 Å². The Balaban J connectivity index is 4.18. The molecule has 2 N–H and O–H groups in total. The fourth-order valence-corrected chi connectivity index (χ4v) is 1.82. The van der Waals surface area contributed by atoms with E-state index in [4.69, 9.17) is 5.73 Å². The Morgan fingerprint density at radius 3 is 2.11 bits per heavy atom. The first-order valence-electron chi connectivity index (χ1n) is 6.73. The Hall–Kier alpha value is -1.10. The van der Waals surface area contributed by atoms with Crippen LogP contribution in [0.5, 0.6) is 0 Å². The summed E-state index contributed by atoms with van der Waals surface area (Å²) in [5, 5.41) is 0. The van der Waals surface area contributed by atoms with Crippen LogP contribution in [0.3, 0.4) is 0 Å². The number of rotatable bonds is 8. The smallest absolute Gasteiger partial charge is 0.242 e. The van der Waals surface area contributed by atoms with E-state index in [0.717, 1.165) is 12.8 Å². The molecule has 18 heavy (non-hydrogen) atoms. The first-order valence-corrected chi connectivity index (χ1v) is 6.73. The predicted molar refractivity (Wildman–Crippen MR) is 73.1 cm³/mol. The van der Waals surface area contributed by atoms with Gasteiger partial charge in [0.15, 0.2) is 0 Å². The van der Waals surface area contributed by atoms with Crippen LogP contribution in [0.25, 0.3) is 0 Å². The van der Waals surface area contributed by atoms with Gasteiger partial charge in [0.2, 0.25) is 11.8 Å². The fraction of sp³-hybridized carbons (Fsp3) is 0.846. The van der Waals surface area contributed by atoms with E-state index in [0.29, 0.717) is 19.5 Å². The molecule has 0 saturated heterocycles. The zero-order valence-electron chi connectivity index (χ0n) is 12.1. The van der Waals surface area contributed by atoms with Crippen LogP contribution in [0.15, 0.2) is 0 Å². The highest BCUT2D eigenvalue weighted by atomic mass is 16.2. The molecule has 0 spiro atoms. The van der Waals surface area contributed by atoms with Crippen molar-refractivity contribution in [2.24, 2.45) is 5.73 Å². The number of likely N-dealkylation sites (N-methyl/N-ethyl adjacent to an activating group) is 2. The number of carbonyl (C=O) groups is 2. The molecule has 106 valence electrons. The highest BCUT2D eigenvalue weighted by Gasteiger charge is 2.18. The minimum atomic E-state index is -0.103. The van der Waals surface area contributed by atoms with Gasteiger partial charge in [-0.2, -0.15) is 0 Å². The summed E-state index contributed by atoms with van der Waals surface area (Å²) in [7, 11) is 1.66. The largest absolute Gasteiger partial charge is 0.342 e. The quantitative estimate of drug-likeness (QED) is 0.700. The molecule has 5 nitrogen and oxygen atoms in total. The Bertz CT molecular complexity index is 265. The van der Waals surface area contributed by atoms with E-state index >= 15 is 0 Å². The van der Waals surface area contributed by atoms with E-state index in [1.54, 1.807) is 11.9 Å². The maximum absolute atomic E-state index is 11.8. The van der Waals surface area contributed by atoms with E-state index in [1.807, 2.05) is 20.8 Å². The number of hydrogen-bond acceptors (Lipinski definition) is 3. The molecule has 2 amide bonds. The monoisotopic (exact) mass is 257 g/mol. The van der Waals surface area contributed by atoms with Crippen LogP contribution in [-0.2, 0) is 9.59 Å².